The molecule has 2 aromatic rings. The normalized spacial score (nSPS) is 12.4. The zero-order chi connectivity index (χ0) is 16.3. The highest BCUT2D eigenvalue weighted by Gasteiger charge is 2.19. The second-order valence-electron chi connectivity index (χ2n) is 4.80. The number of esters is 1. The Morgan fingerprint density at radius 2 is 2.23 bits per heavy atom. The molecule has 0 N–H and O–H groups in total. The first kappa shape index (κ1) is 17.0. The standard InChI is InChI=1S/C15H17BrN2O3S/c1-4-7-18-13(19)11-8-10(16)5-6-12(11)17-15(18)22-9(2)14(20)21-3/h5-6,8-9H,4,7H2,1-3H3/t9-/m1/s1. The maximum Gasteiger partial charge on any atom is 0.318 e. The summed E-state index contributed by atoms with van der Waals surface area (Å²) in [5.41, 5.74) is 0.535. The summed E-state index contributed by atoms with van der Waals surface area (Å²) in [7, 11) is 1.35. The molecule has 0 saturated carbocycles. The van der Waals surface area contributed by atoms with Gasteiger partial charge in [0.15, 0.2) is 5.16 Å². The molecule has 0 fully saturated rings. The van der Waals surface area contributed by atoms with Crippen molar-refractivity contribution in [2.24, 2.45) is 0 Å². The fourth-order valence-corrected chi connectivity index (χ4v) is 3.38. The third-order valence-electron chi connectivity index (χ3n) is 3.14. The average Bonchev–Trinajstić information content (AvgIpc) is 2.51. The van der Waals surface area contributed by atoms with Crippen LogP contribution in [0.5, 0.6) is 0 Å². The number of aromatic nitrogens is 2. The summed E-state index contributed by atoms with van der Waals surface area (Å²) in [5.74, 6) is -0.335. The van der Waals surface area contributed by atoms with Crippen LogP contribution in [0.1, 0.15) is 20.3 Å². The molecule has 0 radical (unpaired) electrons. The Morgan fingerprint density at radius 1 is 1.50 bits per heavy atom. The van der Waals surface area contributed by atoms with Crippen LogP contribution >= 0.6 is 27.7 Å². The molecule has 118 valence electrons. The third-order valence-corrected chi connectivity index (χ3v) is 4.71. The number of rotatable bonds is 5. The molecule has 0 aliphatic heterocycles. The van der Waals surface area contributed by atoms with Gasteiger partial charge in [-0.2, -0.15) is 0 Å². The maximum atomic E-state index is 12.7. The monoisotopic (exact) mass is 384 g/mol. The zero-order valence-corrected chi connectivity index (χ0v) is 15.0. The second kappa shape index (κ2) is 7.28. The largest absolute Gasteiger partial charge is 0.468 e. The van der Waals surface area contributed by atoms with E-state index in [0.29, 0.717) is 22.6 Å². The number of halogens is 1. The lowest BCUT2D eigenvalue weighted by Gasteiger charge is -2.14. The number of hydrogen-bond acceptors (Lipinski definition) is 5. The van der Waals surface area contributed by atoms with E-state index < -0.39 is 5.25 Å². The fraction of sp³-hybridized carbons (Fsp3) is 0.400. The molecule has 0 aliphatic rings. The summed E-state index contributed by atoms with van der Waals surface area (Å²) >= 11 is 4.62. The number of benzene rings is 1. The van der Waals surface area contributed by atoms with Gasteiger partial charge in [-0.25, -0.2) is 4.98 Å². The van der Waals surface area contributed by atoms with Crippen LogP contribution in [-0.4, -0.2) is 27.9 Å². The molecular formula is C15H17BrN2O3S. The topological polar surface area (TPSA) is 61.2 Å². The van der Waals surface area contributed by atoms with Gasteiger partial charge >= 0.3 is 5.97 Å². The number of thioether (sulfide) groups is 1. The molecule has 22 heavy (non-hydrogen) atoms. The Labute approximate surface area is 141 Å². The van der Waals surface area contributed by atoms with Crippen molar-refractivity contribution in [3.8, 4) is 0 Å². The van der Waals surface area contributed by atoms with Gasteiger partial charge in [-0.15, -0.1) is 0 Å². The fourth-order valence-electron chi connectivity index (χ4n) is 2.06. The summed E-state index contributed by atoms with van der Waals surface area (Å²) < 4.78 is 7.20. The first-order chi connectivity index (χ1) is 10.5. The van der Waals surface area contributed by atoms with Crippen LogP contribution in [0.2, 0.25) is 0 Å². The van der Waals surface area contributed by atoms with Crippen LogP contribution in [0.4, 0.5) is 0 Å². The van der Waals surface area contributed by atoms with Gasteiger partial charge in [0.1, 0.15) is 5.25 Å². The quantitative estimate of drug-likeness (QED) is 0.449. The van der Waals surface area contributed by atoms with Gasteiger partial charge in [0.25, 0.3) is 5.56 Å². The van der Waals surface area contributed by atoms with Crippen molar-refractivity contribution >= 4 is 44.6 Å². The average molecular weight is 385 g/mol. The van der Waals surface area contributed by atoms with E-state index in [1.165, 1.54) is 18.9 Å². The SMILES string of the molecule is CCCn1c(S[C@H](C)C(=O)OC)nc2ccc(Br)cc2c1=O. The van der Waals surface area contributed by atoms with Crippen LogP contribution < -0.4 is 5.56 Å². The van der Waals surface area contributed by atoms with Gasteiger partial charge in [-0.3, -0.25) is 14.2 Å². The van der Waals surface area contributed by atoms with Crippen molar-refractivity contribution in [3.63, 3.8) is 0 Å². The summed E-state index contributed by atoms with van der Waals surface area (Å²) in [6.07, 6.45) is 0.807. The number of hydrogen-bond donors (Lipinski definition) is 0. The molecule has 0 bridgehead atoms. The predicted octanol–water partition coefficient (Wildman–Crippen LogP) is 3.22. The molecule has 0 amide bonds. The van der Waals surface area contributed by atoms with Crippen molar-refractivity contribution in [3.05, 3.63) is 33.0 Å². The van der Waals surface area contributed by atoms with E-state index in [0.717, 1.165) is 10.9 Å². The van der Waals surface area contributed by atoms with Crippen molar-refractivity contribution in [1.82, 2.24) is 9.55 Å². The van der Waals surface area contributed by atoms with Crippen LogP contribution in [0.25, 0.3) is 10.9 Å². The molecule has 2 rings (SSSR count). The minimum atomic E-state index is -0.423. The van der Waals surface area contributed by atoms with Crippen LogP contribution in [0.15, 0.2) is 32.6 Å². The summed E-state index contributed by atoms with van der Waals surface area (Å²) in [4.78, 5) is 28.8. The smallest absolute Gasteiger partial charge is 0.318 e. The van der Waals surface area contributed by atoms with Gasteiger partial charge in [0.05, 0.1) is 18.0 Å². The zero-order valence-electron chi connectivity index (χ0n) is 12.6. The van der Waals surface area contributed by atoms with E-state index >= 15 is 0 Å². The molecule has 0 saturated heterocycles. The molecule has 1 heterocycles. The Morgan fingerprint density at radius 3 is 2.86 bits per heavy atom. The first-order valence-corrected chi connectivity index (χ1v) is 8.59. The summed E-state index contributed by atoms with van der Waals surface area (Å²) in [6.45, 7) is 4.30. The number of ether oxygens (including phenoxy) is 1. The molecule has 0 unspecified atom stereocenters. The molecule has 1 aromatic heterocycles. The number of fused-ring (bicyclic) bond motifs is 1. The lowest BCUT2D eigenvalue weighted by atomic mass is 10.2. The number of nitrogens with zero attached hydrogens (tertiary/aromatic N) is 2. The van der Waals surface area contributed by atoms with Crippen molar-refractivity contribution in [2.45, 2.75) is 37.2 Å². The van der Waals surface area contributed by atoms with Crippen molar-refractivity contribution in [2.75, 3.05) is 7.11 Å². The van der Waals surface area contributed by atoms with E-state index in [1.54, 1.807) is 23.6 Å². The van der Waals surface area contributed by atoms with E-state index in [2.05, 4.69) is 20.9 Å². The van der Waals surface area contributed by atoms with E-state index in [1.807, 2.05) is 13.0 Å². The third kappa shape index (κ3) is 3.52. The van der Waals surface area contributed by atoms with E-state index in [-0.39, 0.29) is 11.5 Å². The van der Waals surface area contributed by atoms with Gasteiger partial charge in [0.2, 0.25) is 0 Å². The number of methoxy groups -OCH3 is 1. The Bertz CT molecular complexity index is 760. The van der Waals surface area contributed by atoms with Crippen molar-refractivity contribution < 1.29 is 9.53 Å². The van der Waals surface area contributed by atoms with E-state index in [4.69, 9.17) is 4.74 Å². The molecule has 1 atom stereocenters. The first-order valence-electron chi connectivity index (χ1n) is 6.92. The second-order valence-corrected chi connectivity index (χ2v) is 7.02. The maximum absolute atomic E-state index is 12.7. The number of carbonyl (C=O) groups is 1. The highest BCUT2D eigenvalue weighted by molar-refractivity contribution is 9.10. The summed E-state index contributed by atoms with van der Waals surface area (Å²) in [6, 6.07) is 5.41. The van der Waals surface area contributed by atoms with Gasteiger partial charge < -0.3 is 4.74 Å². The minimum absolute atomic E-state index is 0.0901. The molecule has 1 aromatic carbocycles. The Kier molecular flexibility index (Phi) is 5.63. The molecule has 0 aliphatic carbocycles. The van der Waals surface area contributed by atoms with Crippen LogP contribution in [-0.2, 0) is 16.1 Å². The Hall–Kier alpha value is -1.34. The minimum Gasteiger partial charge on any atom is -0.468 e. The lowest BCUT2D eigenvalue weighted by Crippen LogP contribution is -2.25. The van der Waals surface area contributed by atoms with Gasteiger partial charge in [-0.05, 0) is 31.5 Å². The highest BCUT2D eigenvalue weighted by Crippen LogP contribution is 2.24. The lowest BCUT2D eigenvalue weighted by molar-refractivity contribution is -0.139. The van der Waals surface area contributed by atoms with Crippen molar-refractivity contribution in [1.29, 1.82) is 0 Å². The predicted molar refractivity (Wildman–Crippen MR) is 91.3 cm³/mol. The summed E-state index contributed by atoms with van der Waals surface area (Å²) in [5, 5.41) is 0.686. The van der Waals surface area contributed by atoms with Crippen LogP contribution in [0.3, 0.4) is 0 Å². The molecular weight excluding hydrogens is 368 g/mol. The molecule has 7 heteroatoms. The van der Waals surface area contributed by atoms with Gasteiger partial charge in [-0.1, -0.05) is 34.6 Å². The van der Waals surface area contributed by atoms with Crippen LogP contribution in [0, 0.1) is 0 Å². The highest BCUT2D eigenvalue weighted by atomic mass is 79.9. The van der Waals surface area contributed by atoms with E-state index in [9.17, 15) is 9.59 Å². The van der Waals surface area contributed by atoms with Gasteiger partial charge in [0, 0.05) is 11.0 Å². The Balaban J connectivity index is 2.57. The number of carbonyl (C=O) groups excluding carboxylic acids is 1. The molecule has 0 spiro atoms. The molecule has 5 nitrogen and oxygen atoms in total.